The summed E-state index contributed by atoms with van der Waals surface area (Å²) in [5.74, 6) is 0. The SMILES string of the molecule is O=c1cnc(C=CCCO)c[nH]1. The number of nitrogens with one attached hydrogen (secondary N) is 1. The van der Waals surface area contributed by atoms with Crippen molar-refractivity contribution in [3.63, 3.8) is 0 Å². The van der Waals surface area contributed by atoms with Crippen LogP contribution in [-0.2, 0) is 0 Å². The van der Waals surface area contributed by atoms with E-state index < -0.39 is 0 Å². The smallest absolute Gasteiger partial charge is 0.266 e. The van der Waals surface area contributed by atoms with E-state index in [9.17, 15) is 4.79 Å². The van der Waals surface area contributed by atoms with E-state index in [4.69, 9.17) is 5.11 Å². The molecule has 1 aromatic rings. The summed E-state index contributed by atoms with van der Waals surface area (Å²) in [6, 6.07) is 0. The number of aliphatic hydroxyl groups is 1. The van der Waals surface area contributed by atoms with Crippen LogP contribution >= 0.6 is 0 Å². The topological polar surface area (TPSA) is 66.0 Å². The zero-order valence-corrected chi connectivity index (χ0v) is 6.53. The minimum Gasteiger partial charge on any atom is -0.396 e. The Bertz CT molecular complexity index is 297. The molecule has 0 aliphatic rings. The molecule has 64 valence electrons. The second kappa shape index (κ2) is 4.46. The predicted molar refractivity (Wildman–Crippen MR) is 45.6 cm³/mol. The van der Waals surface area contributed by atoms with Gasteiger partial charge < -0.3 is 10.1 Å². The number of aliphatic hydroxyl groups excluding tert-OH is 1. The van der Waals surface area contributed by atoms with Crippen molar-refractivity contribution in [2.45, 2.75) is 6.42 Å². The maximum Gasteiger partial charge on any atom is 0.266 e. The number of H-pyrrole nitrogens is 1. The lowest BCUT2D eigenvalue weighted by Crippen LogP contribution is -2.04. The van der Waals surface area contributed by atoms with Gasteiger partial charge in [-0.25, -0.2) is 4.98 Å². The first-order valence-electron chi connectivity index (χ1n) is 3.65. The van der Waals surface area contributed by atoms with Crippen LogP contribution in [0.15, 0.2) is 23.3 Å². The molecular weight excluding hydrogens is 156 g/mol. The van der Waals surface area contributed by atoms with Gasteiger partial charge in [-0.1, -0.05) is 6.08 Å². The summed E-state index contributed by atoms with van der Waals surface area (Å²) >= 11 is 0. The first-order valence-corrected chi connectivity index (χ1v) is 3.65. The third-order valence-corrected chi connectivity index (χ3v) is 1.28. The first kappa shape index (κ1) is 8.67. The van der Waals surface area contributed by atoms with Crippen LogP contribution in [0.4, 0.5) is 0 Å². The summed E-state index contributed by atoms with van der Waals surface area (Å²) in [7, 11) is 0. The number of nitrogens with zero attached hydrogens (tertiary/aromatic N) is 1. The van der Waals surface area contributed by atoms with E-state index >= 15 is 0 Å². The molecule has 2 N–H and O–H groups in total. The molecular formula is C8H10N2O2. The van der Waals surface area contributed by atoms with Crippen molar-refractivity contribution in [3.05, 3.63) is 34.5 Å². The zero-order chi connectivity index (χ0) is 8.81. The quantitative estimate of drug-likeness (QED) is 0.672. The van der Waals surface area contributed by atoms with Crippen LogP contribution < -0.4 is 5.56 Å². The predicted octanol–water partition coefficient (Wildman–Crippen LogP) is 0.165. The molecule has 4 heteroatoms. The van der Waals surface area contributed by atoms with Crippen molar-refractivity contribution in [1.82, 2.24) is 9.97 Å². The Hall–Kier alpha value is -1.42. The maximum atomic E-state index is 10.6. The van der Waals surface area contributed by atoms with Crippen LogP contribution in [-0.4, -0.2) is 21.7 Å². The minimum absolute atomic E-state index is 0.125. The Balaban J connectivity index is 2.64. The molecule has 1 rings (SSSR count). The molecule has 0 aromatic carbocycles. The fourth-order valence-corrected chi connectivity index (χ4v) is 0.723. The highest BCUT2D eigenvalue weighted by Crippen LogP contribution is 1.92. The summed E-state index contributed by atoms with van der Waals surface area (Å²) < 4.78 is 0. The number of hydrogen-bond acceptors (Lipinski definition) is 3. The Labute approximate surface area is 69.6 Å². The highest BCUT2D eigenvalue weighted by atomic mass is 16.2. The van der Waals surface area contributed by atoms with E-state index in [1.807, 2.05) is 0 Å². The number of hydrogen-bond donors (Lipinski definition) is 2. The van der Waals surface area contributed by atoms with Crippen LogP contribution in [0.5, 0.6) is 0 Å². The summed E-state index contributed by atoms with van der Waals surface area (Å²) in [5.41, 5.74) is 0.470. The Morgan fingerprint density at radius 3 is 3.08 bits per heavy atom. The van der Waals surface area contributed by atoms with Gasteiger partial charge in [0.2, 0.25) is 0 Å². The van der Waals surface area contributed by atoms with Gasteiger partial charge in [-0.15, -0.1) is 0 Å². The third-order valence-electron chi connectivity index (χ3n) is 1.28. The van der Waals surface area contributed by atoms with E-state index in [2.05, 4.69) is 9.97 Å². The lowest BCUT2D eigenvalue weighted by atomic mass is 10.3. The molecule has 0 bridgehead atoms. The van der Waals surface area contributed by atoms with Crippen LogP contribution in [0, 0.1) is 0 Å². The standard InChI is InChI=1S/C8H10N2O2/c11-4-2-1-3-7-5-10-8(12)6-9-7/h1,3,5-6,11H,2,4H2,(H,10,12). The van der Waals surface area contributed by atoms with Gasteiger partial charge in [0.15, 0.2) is 0 Å². The number of aromatic nitrogens is 2. The molecule has 4 nitrogen and oxygen atoms in total. The molecule has 12 heavy (non-hydrogen) atoms. The van der Waals surface area contributed by atoms with E-state index in [0.717, 1.165) is 0 Å². The minimum atomic E-state index is -0.214. The summed E-state index contributed by atoms with van der Waals surface area (Å²) in [4.78, 5) is 16.9. The third kappa shape index (κ3) is 2.67. The average Bonchev–Trinajstić information content (AvgIpc) is 2.09. The lowest BCUT2D eigenvalue weighted by molar-refractivity contribution is 0.303. The van der Waals surface area contributed by atoms with Crippen LogP contribution in [0.3, 0.4) is 0 Å². The van der Waals surface area contributed by atoms with Crippen molar-refractivity contribution in [3.8, 4) is 0 Å². The molecule has 0 radical (unpaired) electrons. The number of aromatic amines is 1. The van der Waals surface area contributed by atoms with E-state index in [-0.39, 0.29) is 12.2 Å². The van der Waals surface area contributed by atoms with E-state index in [1.165, 1.54) is 12.4 Å². The largest absolute Gasteiger partial charge is 0.396 e. The molecule has 0 saturated carbocycles. The molecule has 1 aromatic heterocycles. The molecule has 0 amide bonds. The van der Waals surface area contributed by atoms with Gasteiger partial charge in [0.25, 0.3) is 5.56 Å². The highest BCUT2D eigenvalue weighted by molar-refractivity contribution is 5.42. The molecule has 0 saturated heterocycles. The Morgan fingerprint density at radius 1 is 1.67 bits per heavy atom. The molecule has 0 atom stereocenters. The van der Waals surface area contributed by atoms with Crippen LogP contribution in [0.25, 0.3) is 6.08 Å². The van der Waals surface area contributed by atoms with Crippen molar-refractivity contribution >= 4 is 6.08 Å². The summed E-state index contributed by atoms with van der Waals surface area (Å²) in [6.07, 6.45) is 6.88. The van der Waals surface area contributed by atoms with Crippen molar-refractivity contribution in [2.24, 2.45) is 0 Å². The number of rotatable bonds is 3. The van der Waals surface area contributed by atoms with Gasteiger partial charge in [0, 0.05) is 12.8 Å². The fourth-order valence-electron chi connectivity index (χ4n) is 0.723. The second-order valence-electron chi connectivity index (χ2n) is 2.25. The van der Waals surface area contributed by atoms with Gasteiger partial charge in [-0.2, -0.15) is 0 Å². The van der Waals surface area contributed by atoms with Crippen molar-refractivity contribution in [1.29, 1.82) is 0 Å². The molecule has 0 aliphatic carbocycles. The summed E-state index contributed by atoms with van der Waals surface area (Å²) in [6.45, 7) is 0.125. The molecule has 0 fully saturated rings. The van der Waals surface area contributed by atoms with Crippen LogP contribution in [0.1, 0.15) is 12.1 Å². The molecule has 0 aliphatic heterocycles. The molecule has 0 unspecified atom stereocenters. The molecule has 1 heterocycles. The average molecular weight is 166 g/mol. The monoisotopic (exact) mass is 166 g/mol. The van der Waals surface area contributed by atoms with Crippen LogP contribution in [0.2, 0.25) is 0 Å². The van der Waals surface area contributed by atoms with E-state index in [1.54, 1.807) is 12.2 Å². The van der Waals surface area contributed by atoms with Gasteiger partial charge in [-0.05, 0) is 12.5 Å². The van der Waals surface area contributed by atoms with Gasteiger partial charge in [-0.3, -0.25) is 4.79 Å². The highest BCUT2D eigenvalue weighted by Gasteiger charge is 1.86. The normalized spacial score (nSPS) is 10.8. The van der Waals surface area contributed by atoms with Crippen molar-refractivity contribution in [2.75, 3.05) is 6.61 Å². The van der Waals surface area contributed by atoms with E-state index in [0.29, 0.717) is 12.1 Å². The fraction of sp³-hybridized carbons (Fsp3) is 0.250. The maximum absolute atomic E-state index is 10.6. The van der Waals surface area contributed by atoms with Crippen molar-refractivity contribution < 1.29 is 5.11 Å². The first-order chi connectivity index (χ1) is 5.83. The zero-order valence-electron chi connectivity index (χ0n) is 6.53. The summed E-state index contributed by atoms with van der Waals surface area (Å²) in [5, 5.41) is 8.46. The second-order valence-corrected chi connectivity index (χ2v) is 2.25. The lowest BCUT2D eigenvalue weighted by Gasteiger charge is -1.89. The Morgan fingerprint density at radius 2 is 2.50 bits per heavy atom. The Kier molecular flexibility index (Phi) is 3.22. The van der Waals surface area contributed by atoms with Gasteiger partial charge >= 0.3 is 0 Å². The van der Waals surface area contributed by atoms with Gasteiger partial charge in [0.1, 0.15) is 0 Å². The molecule has 0 spiro atoms. The van der Waals surface area contributed by atoms with Gasteiger partial charge in [0.05, 0.1) is 11.9 Å².